The molecule has 2 N–H and O–H groups in total. The van der Waals surface area contributed by atoms with Gasteiger partial charge in [0.15, 0.2) is 11.5 Å². The molecule has 1 atom stereocenters. The maximum Gasteiger partial charge on any atom is 0.206 e. The van der Waals surface area contributed by atoms with E-state index in [-0.39, 0.29) is 17.2 Å². The third kappa shape index (κ3) is 2.33. The van der Waals surface area contributed by atoms with Gasteiger partial charge < -0.3 is 9.94 Å². The molecule has 0 saturated heterocycles. The summed E-state index contributed by atoms with van der Waals surface area (Å²) in [5.74, 6) is 0.0707. The van der Waals surface area contributed by atoms with Gasteiger partial charge in [-0.2, -0.15) is 10.5 Å². The quantitative estimate of drug-likeness (QED) is 0.800. The highest BCUT2D eigenvalue weighted by molar-refractivity contribution is 6.33. The Morgan fingerprint density at radius 3 is 2.63 bits per heavy atom. The number of nitrogens with one attached hydrogen (secondary N) is 1. The lowest BCUT2D eigenvalue weighted by molar-refractivity contribution is -0.991. The van der Waals surface area contributed by atoms with Gasteiger partial charge in [0.2, 0.25) is 5.69 Å². The van der Waals surface area contributed by atoms with Gasteiger partial charge >= 0.3 is 0 Å². The number of allylic oxidation sites excluding steroid dienone is 2. The number of fused-ring (bicyclic) bond motifs is 3. The van der Waals surface area contributed by atoms with Gasteiger partial charge in [0.05, 0.1) is 18.7 Å². The molecule has 0 amide bonds. The van der Waals surface area contributed by atoms with Crippen LogP contribution in [0.25, 0.3) is 5.57 Å². The summed E-state index contributed by atoms with van der Waals surface area (Å²) < 4.78 is 5.26. The predicted molar refractivity (Wildman–Crippen MR) is 97.9 cm³/mol. The highest BCUT2D eigenvalue weighted by Crippen LogP contribution is 2.51. The van der Waals surface area contributed by atoms with Crippen LogP contribution in [0.15, 0.2) is 35.9 Å². The molecular formula is C21H18N2O4. The Labute approximate surface area is 156 Å². The summed E-state index contributed by atoms with van der Waals surface area (Å²) in [5.41, 5.74) is 4.65. The summed E-state index contributed by atoms with van der Waals surface area (Å²) >= 11 is 0. The average molecular weight is 362 g/mol. The van der Waals surface area contributed by atoms with E-state index in [1.54, 1.807) is 12.1 Å². The van der Waals surface area contributed by atoms with Gasteiger partial charge in [-0.3, -0.25) is 4.79 Å². The van der Waals surface area contributed by atoms with E-state index in [0.717, 1.165) is 22.3 Å². The zero-order valence-electron chi connectivity index (χ0n) is 15.2. The van der Waals surface area contributed by atoms with Crippen LogP contribution in [-0.2, 0) is 11.8 Å². The molecule has 0 aliphatic heterocycles. The Morgan fingerprint density at radius 1 is 1.26 bits per heavy atom. The molecule has 27 heavy (non-hydrogen) atoms. The highest BCUT2D eigenvalue weighted by atomic mass is 16.8. The first-order chi connectivity index (χ1) is 12.8. The number of rotatable bonds is 2. The fraction of sp³-hybridized carbons (Fsp3) is 0.238. The third-order valence-corrected chi connectivity index (χ3v) is 5.64. The summed E-state index contributed by atoms with van der Waals surface area (Å²) in [6.07, 6.45) is 0.599. The number of carbonyl (C=O) groups is 1. The molecule has 2 aliphatic carbocycles. The molecule has 0 heterocycles. The molecule has 6 nitrogen and oxygen atoms in total. The maximum absolute atomic E-state index is 13.3. The minimum Gasteiger partial charge on any atom is -0.595 e. The number of nitriles is 1. The number of methoxy groups -OCH3 is 1. The lowest BCUT2D eigenvalue weighted by Crippen LogP contribution is -2.99. The fourth-order valence-corrected chi connectivity index (χ4v) is 4.21. The first-order valence-electron chi connectivity index (χ1n) is 8.57. The molecule has 2 aromatic carbocycles. The molecule has 0 radical (unpaired) electrons. The molecule has 2 aromatic rings. The van der Waals surface area contributed by atoms with Gasteiger partial charge in [-0.1, -0.05) is 19.9 Å². The molecule has 136 valence electrons. The van der Waals surface area contributed by atoms with Crippen molar-refractivity contribution in [3.8, 4) is 11.8 Å². The first-order valence-corrected chi connectivity index (χ1v) is 8.57. The van der Waals surface area contributed by atoms with Gasteiger partial charge in [0, 0.05) is 22.6 Å². The fourth-order valence-electron chi connectivity index (χ4n) is 4.21. The van der Waals surface area contributed by atoms with Crippen molar-refractivity contribution in [2.45, 2.75) is 25.7 Å². The van der Waals surface area contributed by atoms with Crippen LogP contribution in [-0.4, -0.2) is 18.1 Å². The standard InChI is InChI=1S/C21H18N2O4/c1-21(2)15-9-18(27-3)17(23(25)26)8-14(15)20(24)19-13-5-4-11(10-22)6-12(13)7-16(19)21/h4-6,8-9,23,25H,7H2,1-3H3. The van der Waals surface area contributed by atoms with Gasteiger partial charge in [0.25, 0.3) is 0 Å². The lowest BCUT2D eigenvalue weighted by Gasteiger charge is -2.35. The van der Waals surface area contributed by atoms with Crippen LogP contribution < -0.4 is 9.96 Å². The summed E-state index contributed by atoms with van der Waals surface area (Å²) in [6.45, 7) is 4.06. The number of quaternary nitrogens is 1. The Balaban J connectivity index is 1.95. The molecule has 0 spiro atoms. The number of Topliss-reactive ketones (excluding diaryl/α,β-unsaturated/α-hetero) is 1. The van der Waals surface area contributed by atoms with Crippen molar-refractivity contribution in [2.75, 3.05) is 7.11 Å². The van der Waals surface area contributed by atoms with Crippen molar-refractivity contribution in [3.05, 3.63) is 68.9 Å². The average Bonchev–Trinajstić information content (AvgIpc) is 3.05. The molecule has 2 aliphatic rings. The second-order valence-electron chi connectivity index (χ2n) is 7.37. The van der Waals surface area contributed by atoms with Crippen LogP contribution in [0.5, 0.6) is 5.75 Å². The topological polar surface area (TPSA) is 97.8 Å². The molecular weight excluding hydrogens is 344 g/mol. The highest BCUT2D eigenvalue weighted by Gasteiger charge is 2.43. The van der Waals surface area contributed by atoms with Crippen molar-refractivity contribution in [1.82, 2.24) is 0 Å². The van der Waals surface area contributed by atoms with E-state index in [9.17, 15) is 15.2 Å². The van der Waals surface area contributed by atoms with Crippen LogP contribution in [0.3, 0.4) is 0 Å². The summed E-state index contributed by atoms with van der Waals surface area (Å²) in [6, 6.07) is 10.6. The Hall–Kier alpha value is -2.98. The van der Waals surface area contributed by atoms with Crippen molar-refractivity contribution in [1.29, 1.82) is 5.26 Å². The number of ether oxygens (including phenoxy) is 1. The van der Waals surface area contributed by atoms with Crippen molar-refractivity contribution < 1.29 is 20.0 Å². The minimum atomic E-state index is -1.13. The van der Waals surface area contributed by atoms with Gasteiger partial charge in [-0.05, 0) is 46.9 Å². The van der Waals surface area contributed by atoms with E-state index in [2.05, 4.69) is 6.07 Å². The van der Waals surface area contributed by atoms with Gasteiger partial charge in [0.1, 0.15) is 0 Å². The van der Waals surface area contributed by atoms with Crippen LogP contribution in [0.2, 0.25) is 0 Å². The number of hydrogen-bond donors (Lipinski definition) is 2. The second kappa shape index (κ2) is 5.76. The van der Waals surface area contributed by atoms with E-state index < -0.39 is 10.6 Å². The molecule has 0 saturated carbocycles. The van der Waals surface area contributed by atoms with Crippen LogP contribution in [0.1, 0.15) is 46.5 Å². The summed E-state index contributed by atoms with van der Waals surface area (Å²) in [7, 11) is 1.42. The van der Waals surface area contributed by atoms with E-state index in [1.807, 2.05) is 26.0 Å². The molecule has 0 bridgehead atoms. The molecule has 6 heteroatoms. The van der Waals surface area contributed by atoms with Crippen LogP contribution in [0, 0.1) is 16.5 Å². The Morgan fingerprint density at radius 2 is 2.00 bits per heavy atom. The smallest absolute Gasteiger partial charge is 0.206 e. The van der Waals surface area contributed by atoms with E-state index in [0.29, 0.717) is 23.1 Å². The number of benzene rings is 2. The number of nitrogens with zero attached hydrogens (tertiary/aromatic N) is 1. The largest absolute Gasteiger partial charge is 0.595 e. The second-order valence-corrected chi connectivity index (χ2v) is 7.37. The molecule has 4 rings (SSSR count). The molecule has 0 fully saturated rings. The van der Waals surface area contributed by atoms with Crippen molar-refractivity contribution in [2.24, 2.45) is 0 Å². The predicted octanol–water partition coefficient (Wildman–Crippen LogP) is 2.45. The zero-order chi connectivity index (χ0) is 19.5. The van der Waals surface area contributed by atoms with E-state index in [4.69, 9.17) is 10.00 Å². The van der Waals surface area contributed by atoms with E-state index in [1.165, 1.54) is 13.2 Å². The molecule has 1 unspecified atom stereocenters. The van der Waals surface area contributed by atoms with Crippen molar-refractivity contribution >= 4 is 17.0 Å². The first kappa shape index (κ1) is 17.4. The number of ketones is 1. The van der Waals surface area contributed by atoms with E-state index >= 15 is 0 Å². The normalized spacial score (nSPS) is 17.7. The third-order valence-electron chi connectivity index (χ3n) is 5.64. The van der Waals surface area contributed by atoms with Crippen molar-refractivity contribution in [3.63, 3.8) is 0 Å². The lowest BCUT2D eigenvalue weighted by atomic mass is 9.68. The number of hydrogen-bond acceptors (Lipinski definition) is 5. The Kier molecular flexibility index (Phi) is 3.72. The minimum absolute atomic E-state index is 0.0255. The summed E-state index contributed by atoms with van der Waals surface area (Å²) in [4.78, 5) is 13.3. The van der Waals surface area contributed by atoms with Crippen LogP contribution in [0.4, 0.5) is 5.69 Å². The summed E-state index contributed by atoms with van der Waals surface area (Å²) in [5, 5.41) is 29.1. The SMILES string of the molecule is COc1cc2c(cc1[NH+]([O-])O)C(=O)C1=C(Cc3cc(C#N)ccc31)C2(C)C. The number of carbonyl (C=O) groups excluding carboxylic acids is 1. The Bertz CT molecular complexity index is 1070. The maximum atomic E-state index is 13.3. The van der Waals surface area contributed by atoms with Gasteiger partial charge in [-0.15, -0.1) is 0 Å². The zero-order valence-corrected chi connectivity index (χ0v) is 15.2. The van der Waals surface area contributed by atoms with Crippen LogP contribution >= 0.6 is 0 Å². The molecule has 0 aromatic heterocycles. The monoisotopic (exact) mass is 362 g/mol. The van der Waals surface area contributed by atoms with Gasteiger partial charge in [-0.25, -0.2) is 5.21 Å².